The van der Waals surface area contributed by atoms with Gasteiger partial charge in [-0.05, 0) is 11.6 Å². The maximum Gasteiger partial charge on any atom is 0.323 e. The van der Waals surface area contributed by atoms with Crippen molar-refractivity contribution in [3.05, 3.63) is 29.8 Å². The predicted molar refractivity (Wildman–Crippen MR) is 65.8 cm³/mol. The largest absolute Gasteiger partial charge is 0.480 e. The molecule has 0 saturated heterocycles. The molecule has 0 saturated carbocycles. The number of para-hydroxylation sites is 1. The Morgan fingerprint density at radius 3 is 2.68 bits per heavy atom. The topological polar surface area (TPSA) is 83.9 Å². The van der Waals surface area contributed by atoms with Crippen molar-refractivity contribution in [2.24, 2.45) is 0 Å². The summed E-state index contributed by atoms with van der Waals surface area (Å²) in [6, 6.07) is 6.87. The minimum Gasteiger partial charge on any atom is -0.480 e. The summed E-state index contributed by atoms with van der Waals surface area (Å²) in [5, 5.41) is 8.85. The predicted octanol–water partition coefficient (Wildman–Crippen LogP) is 0.764. The maximum atomic E-state index is 12.2. The van der Waals surface area contributed by atoms with E-state index in [0.717, 1.165) is 0 Å². The number of amides is 1. The van der Waals surface area contributed by atoms with E-state index in [4.69, 9.17) is 5.11 Å². The number of hydrogen-bond donors (Lipinski definition) is 1. The number of aliphatic carboxylic acids is 1. The summed E-state index contributed by atoms with van der Waals surface area (Å²) in [5.74, 6) is -2.64. The van der Waals surface area contributed by atoms with Crippen LogP contribution in [0.25, 0.3) is 0 Å². The number of carboxylic acids is 1. The lowest BCUT2D eigenvalue weighted by atomic mass is 9.97. The van der Waals surface area contributed by atoms with Crippen molar-refractivity contribution in [1.29, 1.82) is 0 Å². The van der Waals surface area contributed by atoms with E-state index in [1.54, 1.807) is 24.3 Å². The number of esters is 1. The molecule has 1 unspecified atom stereocenters. The molecule has 1 aliphatic heterocycles. The summed E-state index contributed by atoms with van der Waals surface area (Å²) in [7, 11) is 1.25. The number of hydrogen-bond acceptors (Lipinski definition) is 4. The van der Waals surface area contributed by atoms with Gasteiger partial charge in [-0.2, -0.15) is 0 Å². The number of nitrogens with zero attached hydrogens (tertiary/aromatic N) is 1. The van der Waals surface area contributed by atoms with Crippen LogP contribution in [0, 0.1) is 0 Å². The van der Waals surface area contributed by atoms with Gasteiger partial charge in [-0.25, -0.2) is 0 Å². The second kappa shape index (κ2) is 5.09. The van der Waals surface area contributed by atoms with Crippen LogP contribution in [0.1, 0.15) is 17.9 Å². The number of carboxylic acid groups (broad SMARTS) is 1. The van der Waals surface area contributed by atoms with Crippen molar-refractivity contribution >= 4 is 23.5 Å². The minimum atomic E-state index is -1.10. The molecule has 2 rings (SSSR count). The zero-order valence-electron chi connectivity index (χ0n) is 10.3. The summed E-state index contributed by atoms with van der Waals surface area (Å²) in [4.78, 5) is 35.5. The van der Waals surface area contributed by atoms with Gasteiger partial charge in [0, 0.05) is 5.69 Å². The highest BCUT2D eigenvalue weighted by Gasteiger charge is 2.39. The molecule has 1 heterocycles. The van der Waals surface area contributed by atoms with Crippen LogP contribution in [-0.2, 0) is 19.1 Å². The van der Waals surface area contributed by atoms with Crippen LogP contribution >= 0.6 is 0 Å². The number of fused-ring (bicyclic) bond motifs is 1. The maximum absolute atomic E-state index is 12.2. The first-order valence-corrected chi connectivity index (χ1v) is 5.73. The van der Waals surface area contributed by atoms with Gasteiger partial charge < -0.3 is 14.7 Å². The zero-order valence-corrected chi connectivity index (χ0v) is 10.3. The Kier molecular flexibility index (Phi) is 3.50. The molecular weight excluding hydrogens is 250 g/mol. The Morgan fingerprint density at radius 1 is 1.37 bits per heavy atom. The lowest BCUT2D eigenvalue weighted by molar-refractivity contribution is -0.142. The van der Waals surface area contributed by atoms with E-state index >= 15 is 0 Å². The van der Waals surface area contributed by atoms with Gasteiger partial charge in [-0.1, -0.05) is 18.2 Å². The minimum absolute atomic E-state index is 0.0809. The van der Waals surface area contributed by atoms with Crippen LogP contribution in [0.5, 0.6) is 0 Å². The van der Waals surface area contributed by atoms with Gasteiger partial charge in [0.05, 0.1) is 19.4 Å². The van der Waals surface area contributed by atoms with Gasteiger partial charge >= 0.3 is 11.9 Å². The highest BCUT2D eigenvalue weighted by atomic mass is 16.5. The monoisotopic (exact) mass is 263 g/mol. The highest BCUT2D eigenvalue weighted by molar-refractivity contribution is 6.08. The molecule has 6 heteroatoms. The van der Waals surface area contributed by atoms with E-state index in [0.29, 0.717) is 11.3 Å². The summed E-state index contributed by atoms with van der Waals surface area (Å²) >= 11 is 0. The third-order valence-electron chi connectivity index (χ3n) is 3.06. The van der Waals surface area contributed by atoms with E-state index in [9.17, 15) is 14.4 Å². The quantitative estimate of drug-likeness (QED) is 0.811. The van der Waals surface area contributed by atoms with Gasteiger partial charge in [-0.15, -0.1) is 0 Å². The molecule has 1 aliphatic rings. The number of methoxy groups -OCH3 is 1. The van der Waals surface area contributed by atoms with Crippen LogP contribution in [0.2, 0.25) is 0 Å². The van der Waals surface area contributed by atoms with Gasteiger partial charge in [0.2, 0.25) is 5.91 Å². The molecule has 19 heavy (non-hydrogen) atoms. The molecule has 0 radical (unpaired) electrons. The first-order valence-electron chi connectivity index (χ1n) is 5.73. The SMILES string of the molecule is COC(=O)CC1C(=O)N(CC(=O)O)c2ccccc21. The van der Waals surface area contributed by atoms with Crippen molar-refractivity contribution in [2.75, 3.05) is 18.6 Å². The molecule has 1 amide bonds. The lowest BCUT2D eigenvalue weighted by Crippen LogP contribution is -2.34. The van der Waals surface area contributed by atoms with Crippen LogP contribution in [0.15, 0.2) is 24.3 Å². The molecule has 0 spiro atoms. The zero-order chi connectivity index (χ0) is 14.0. The summed E-state index contributed by atoms with van der Waals surface area (Å²) in [6.45, 7) is -0.409. The average molecular weight is 263 g/mol. The van der Waals surface area contributed by atoms with E-state index in [2.05, 4.69) is 4.74 Å². The van der Waals surface area contributed by atoms with Crippen LogP contribution in [0.3, 0.4) is 0 Å². The molecule has 100 valence electrons. The van der Waals surface area contributed by atoms with Crippen LogP contribution in [-0.4, -0.2) is 36.6 Å². The number of carbonyl (C=O) groups excluding carboxylic acids is 2. The number of anilines is 1. The van der Waals surface area contributed by atoms with E-state index in [1.807, 2.05) is 0 Å². The van der Waals surface area contributed by atoms with Crippen molar-refractivity contribution < 1.29 is 24.2 Å². The lowest BCUT2D eigenvalue weighted by Gasteiger charge is -2.14. The van der Waals surface area contributed by atoms with Gasteiger partial charge in [-0.3, -0.25) is 14.4 Å². The van der Waals surface area contributed by atoms with Crippen molar-refractivity contribution in [3.63, 3.8) is 0 Å². The fourth-order valence-corrected chi connectivity index (χ4v) is 2.21. The Balaban J connectivity index is 2.35. The Morgan fingerprint density at radius 2 is 2.05 bits per heavy atom. The Labute approximate surface area is 109 Å². The van der Waals surface area contributed by atoms with E-state index in [-0.39, 0.29) is 12.3 Å². The normalized spacial score (nSPS) is 17.2. The molecule has 1 atom stereocenters. The molecule has 0 aromatic heterocycles. The molecule has 0 bridgehead atoms. The number of benzene rings is 1. The first kappa shape index (κ1) is 13.1. The number of rotatable bonds is 4. The second-order valence-electron chi connectivity index (χ2n) is 4.21. The van der Waals surface area contributed by atoms with Crippen LogP contribution in [0.4, 0.5) is 5.69 Å². The smallest absolute Gasteiger partial charge is 0.323 e. The Hall–Kier alpha value is -2.37. The third kappa shape index (κ3) is 2.42. The van der Waals surface area contributed by atoms with E-state index in [1.165, 1.54) is 12.0 Å². The summed E-state index contributed by atoms with van der Waals surface area (Å²) in [6.07, 6.45) is -0.0809. The molecule has 1 aromatic carbocycles. The second-order valence-corrected chi connectivity index (χ2v) is 4.21. The fourth-order valence-electron chi connectivity index (χ4n) is 2.21. The summed E-state index contributed by atoms with van der Waals surface area (Å²) in [5.41, 5.74) is 1.21. The van der Waals surface area contributed by atoms with Gasteiger partial charge in [0.15, 0.2) is 0 Å². The standard InChI is InChI=1S/C13H13NO5/c1-19-12(17)6-9-8-4-2-3-5-10(8)14(13(9)18)7-11(15)16/h2-5,9H,6-7H2,1H3,(H,15,16). The fraction of sp³-hybridized carbons (Fsp3) is 0.308. The highest BCUT2D eigenvalue weighted by Crippen LogP contribution is 2.38. The molecule has 0 fully saturated rings. The van der Waals surface area contributed by atoms with E-state index < -0.39 is 24.4 Å². The van der Waals surface area contributed by atoms with Gasteiger partial charge in [0.25, 0.3) is 0 Å². The number of carbonyl (C=O) groups is 3. The van der Waals surface area contributed by atoms with Gasteiger partial charge in [0.1, 0.15) is 6.54 Å². The first-order chi connectivity index (χ1) is 9.04. The number of ether oxygens (including phenoxy) is 1. The van der Waals surface area contributed by atoms with Crippen molar-refractivity contribution in [3.8, 4) is 0 Å². The van der Waals surface area contributed by atoms with Crippen molar-refractivity contribution in [1.82, 2.24) is 0 Å². The Bertz CT molecular complexity index is 540. The molecule has 1 N–H and O–H groups in total. The summed E-state index contributed by atoms with van der Waals surface area (Å²) < 4.78 is 4.57. The molecule has 0 aliphatic carbocycles. The molecule has 6 nitrogen and oxygen atoms in total. The van der Waals surface area contributed by atoms with Crippen molar-refractivity contribution in [2.45, 2.75) is 12.3 Å². The average Bonchev–Trinajstić information content (AvgIpc) is 2.64. The molecule has 1 aromatic rings. The third-order valence-corrected chi connectivity index (χ3v) is 3.06. The van der Waals surface area contributed by atoms with Crippen LogP contribution < -0.4 is 4.90 Å². The molecular formula is C13H13NO5.